The molecule has 1 radical (unpaired) electrons. The van der Waals surface area contributed by atoms with Crippen molar-refractivity contribution < 1.29 is 78.7 Å². The number of aliphatic hydroxyl groups is 2. The van der Waals surface area contributed by atoms with E-state index in [2.05, 4.69) is 51.2 Å². The molecule has 2 unspecified atom stereocenters. The number of anilines is 6. The maximum atomic E-state index is 14.3. The summed E-state index contributed by atoms with van der Waals surface area (Å²) in [6, 6.07) is 2.48. The molecule has 4 aromatic heterocycles. The summed E-state index contributed by atoms with van der Waals surface area (Å²) in [6.45, 7) is 1.90. The molecule has 2 atom stereocenters. The summed E-state index contributed by atoms with van der Waals surface area (Å²) in [7, 11) is 0. The Morgan fingerprint density at radius 3 is 1.23 bits per heavy atom. The quantitative estimate of drug-likeness (QED) is 0.0576. The molecule has 6 N–H and O–H groups in total. The fourth-order valence-corrected chi connectivity index (χ4v) is 8.59. The van der Waals surface area contributed by atoms with Gasteiger partial charge in [0.1, 0.15) is 34.0 Å². The first kappa shape index (κ1) is 49.2. The van der Waals surface area contributed by atoms with Crippen molar-refractivity contribution in [2.75, 3.05) is 47.7 Å². The SMILES string of the molecule is OC1CCC(Nc2ncc3nc(Nc4c(F)cc(F)cc4F)n(C4CCOC4)c3n2)CC1.OC1CCC(Nc2ncc3nc(Nc4c(F)cc(F)cc4F)n(C4CCOC4)c3n2)CC1.[CH3-].[Y]. The normalized spacial score (nSPS) is 22.8. The minimum absolute atomic E-state index is 0. The van der Waals surface area contributed by atoms with Crippen LogP contribution >= 0.6 is 0 Å². The molecule has 23 heteroatoms. The topological polar surface area (TPSA) is 194 Å². The van der Waals surface area contributed by atoms with Crippen LogP contribution in [-0.2, 0) is 42.2 Å². The van der Waals surface area contributed by atoms with Crippen LogP contribution in [0.1, 0.15) is 76.3 Å². The van der Waals surface area contributed by atoms with E-state index in [1.165, 1.54) is 0 Å². The summed E-state index contributed by atoms with van der Waals surface area (Å²) in [5.74, 6) is -5.05. The molecule has 0 amide bonds. The van der Waals surface area contributed by atoms with E-state index in [1.54, 1.807) is 21.5 Å². The third-order valence-electron chi connectivity index (χ3n) is 12.0. The minimum Gasteiger partial charge on any atom is -0.393 e. The predicted molar refractivity (Wildman–Crippen MR) is 229 cm³/mol. The molecular formula is C43H49F6N12O4Y-. The summed E-state index contributed by atoms with van der Waals surface area (Å²) >= 11 is 0. The van der Waals surface area contributed by atoms with Crippen molar-refractivity contribution in [1.29, 1.82) is 0 Å². The number of nitrogens with one attached hydrogen (secondary N) is 4. The largest absolute Gasteiger partial charge is 0.393 e. The Kier molecular flexibility index (Phi) is 16.0. The molecule has 2 aromatic carbocycles. The van der Waals surface area contributed by atoms with Crippen molar-refractivity contribution in [3.8, 4) is 0 Å². The van der Waals surface area contributed by atoms with Gasteiger partial charge < -0.3 is 48.4 Å². The van der Waals surface area contributed by atoms with Gasteiger partial charge in [0.2, 0.25) is 23.8 Å². The molecule has 2 saturated heterocycles. The monoisotopic (exact) mass is 1000 g/mol. The Morgan fingerprint density at radius 2 is 0.894 bits per heavy atom. The molecule has 2 aliphatic carbocycles. The van der Waals surface area contributed by atoms with Gasteiger partial charge in [-0.25, -0.2) is 46.3 Å². The van der Waals surface area contributed by atoms with E-state index in [0.717, 1.165) is 51.4 Å². The van der Waals surface area contributed by atoms with Crippen LogP contribution in [0.3, 0.4) is 0 Å². The van der Waals surface area contributed by atoms with E-state index < -0.39 is 46.3 Å². The average molecular weight is 1000 g/mol. The van der Waals surface area contributed by atoms with Gasteiger partial charge >= 0.3 is 0 Å². The molecule has 351 valence electrons. The summed E-state index contributed by atoms with van der Waals surface area (Å²) in [6.07, 6.45) is 10.1. The Labute approximate surface area is 400 Å². The molecule has 2 aliphatic heterocycles. The number of imidazole rings is 2. The Hall–Kier alpha value is -4.74. The van der Waals surface area contributed by atoms with E-state index in [9.17, 15) is 36.6 Å². The van der Waals surface area contributed by atoms with Crippen LogP contribution in [0, 0.1) is 42.3 Å². The zero-order chi connectivity index (χ0) is 44.5. The summed E-state index contributed by atoms with van der Waals surface area (Å²) in [4.78, 5) is 26.8. The van der Waals surface area contributed by atoms with Crippen molar-refractivity contribution in [3.63, 3.8) is 0 Å². The first-order chi connectivity index (χ1) is 30.9. The molecule has 10 rings (SSSR count). The van der Waals surface area contributed by atoms with Gasteiger partial charge in [-0.1, -0.05) is 0 Å². The number of rotatable bonds is 10. The van der Waals surface area contributed by atoms with Gasteiger partial charge in [-0.05, 0) is 64.2 Å². The number of hydrogen-bond acceptors (Lipinski definition) is 14. The first-order valence-corrected chi connectivity index (χ1v) is 21.3. The van der Waals surface area contributed by atoms with E-state index in [0.29, 0.717) is 97.8 Å². The number of benzene rings is 2. The Morgan fingerprint density at radius 1 is 0.530 bits per heavy atom. The van der Waals surface area contributed by atoms with Gasteiger partial charge in [0.25, 0.3) is 0 Å². The number of aromatic nitrogens is 8. The van der Waals surface area contributed by atoms with Crippen molar-refractivity contribution in [3.05, 3.63) is 79.0 Å². The molecule has 0 bridgehead atoms. The van der Waals surface area contributed by atoms with Crippen LogP contribution in [-0.4, -0.2) is 100.0 Å². The minimum atomic E-state index is -1.06. The van der Waals surface area contributed by atoms with E-state index in [1.807, 2.05) is 0 Å². The summed E-state index contributed by atoms with van der Waals surface area (Å²) in [5, 5.41) is 31.4. The average Bonchev–Trinajstić information content (AvgIpc) is 4.09. The van der Waals surface area contributed by atoms with Crippen molar-refractivity contribution in [2.24, 2.45) is 0 Å². The van der Waals surface area contributed by atoms with E-state index in [-0.39, 0.29) is 88.4 Å². The third kappa shape index (κ3) is 11.0. The first-order valence-electron chi connectivity index (χ1n) is 21.3. The molecule has 16 nitrogen and oxygen atoms in total. The fourth-order valence-electron chi connectivity index (χ4n) is 8.59. The smallest absolute Gasteiger partial charge is 0.224 e. The van der Waals surface area contributed by atoms with Gasteiger partial charge in [-0.2, -0.15) is 9.97 Å². The number of ether oxygens (including phenoxy) is 2. The van der Waals surface area contributed by atoms with Crippen LogP contribution < -0.4 is 21.3 Å². The van der Waals surface area contributed by atoms with Gasteiger partial charge in [0.05, 0.1) is 49.9 Å². The number of nitrogens with zero attached hydrogens (tertiary/aromatic N) is 8. The van der Waals surface area contributed by atoms with Gasteiger partial charge in [0, 0.05) is 82.3 Å². The van der Waals surface area contributed by atoms with Gasteiger partial charge in [0.15, 0.2) is 34.6 Å². The standard InChI is InChI=1S/2C21H23F3N6O2.CH3.Y/c2*22-11-7-15(23)18(16(24)8-11)28-21-27-17-9-25-20(26-12-1-3-14(31)4-2-12)29-19(17)30(21)13-5-6-32-10-13;;/h2*7-9,12-14,31H,1-6,10H2,(H,27,28)(H,25,26,29);1H3;/q;;-1;. The van der Waals surface area contributed by atoms with E-state index >= 15 is 0 Å². The molecule has 66 heavy (non-hydrogen) atoms. The second-order valence-corrected chi connectivity index (χ2v) is 16.5. The van der Waals surface area contributed by atoms with Crippen molar-refractivity contribution in [2.45, 2.75) is 101 Å². The van der Waals surface area contributed by atoms with E-state index in [4.69, 9.17) is 9.47 Å². The molecule has 6 heterocycles. The number of fused-ring (bicyclic) bond motifs is 2. The second-order valence-electron chi connectivity index (χ2n) is 16.5. The molecular weight excluding hydrogens is 951 g/mol. The van der Waals surface area contributed by atoms with Crippen LogP contribution in [0.2, 0.25) is 0 Å². The number of aliphatic hydroxyl groups excluding tert-OH is 2. The predicted octanol–water partition coefficient (Wildman–Crippen LogP) is 7.78. The molecule has 4 aliphatic rings. The Balaban J connectivity index is 0.000000191. The molecule has 6 aromatic rings. The molecule has 2 saturated carbocycles. The van der Waals surface area contributed by atoms with Crippen molar-refractivity contribution >= 4 is 57.5 Å². The fraction of sp³-hybridized carbons (Fsp3) is 0.465. The van der Waals surface area contributed by atoms with Gasteiger partial charge in [-0.3, -0.25) is 9.13 Å². The van der Waals surface area contributed by atoms with Crippen LogP contribution in [0.4, 0.5) is 61.5 Å². The zero-order valence-electron chi connectivity index (χ0n) is 36.0. The van der Waals surface area contributed by atoms with Crippen LogP contribution in [0.15, 0.2) is 36.7 Å². The Bertz CT molecular complexity index is 2390. The number of hydrogen-bond donors (Lipinski definition) is 6. The summed E-state index contributed by atoms with van der Waals surface area (Å²) in [5.41, 5.74) is 0.917. The maximum absolute atomic E-state index is 14.3. The van der Waals surface area contributed by atoms with Gasteiger partial charge in [-0.15, -0.1) is 0 Å². The molecule has 4 fully saturated rings. The number of halogens is 6. The van der Waals surface area contributed by atoms with Crippen LogP contribution in [0.5, 0.6) is 0 Å². The zero-order valence-corrected chi connectivity index (χ0v) is 38.8. The summed E-state index contributed by atoms with van der Waals surface area (Å²) < 4.78 is 98.2. The van der Waals surface area contributed by atoms with Crippen LogP contribution in [0.25, 0.3) is 22.3 Å². The third-order valence-corrected chi connectivity index (χ3v) is 12.0. The second kappa shape index (κ2) is 21.5. The molecule has 0 spiro atoms. The maximum Gasteiger partial charge on any atom is 0.224 e. The van der Waals surface area contributed by atoms with Crippen molar-refractivity contribution in [1.82, 2.24) is 39.0 Å².